The second-order valence-corrected chi connectivity index (χ2v) is 2.92. The van der Waals surface area contributed by atoms with Crippen LogP contribution in [0.3, 0.4) is 0 Å². The average Bonchev–Trinajstić information content (AvgIpc) is 2.34. The van der Waals surface area contributed by atoms with Crippen LogP contribution in [0.1, 0.15) is 5.01 Å². The summed E-state index contributed by atoms with van der Waals surface area (Å²) in [5, 5.41) is 3.25. The van der Waals surface area contributed by atoms with E-state index in [4.69, 9.17) is 10.3 Å². The van der Waals surface area contributed by atoms with Gasteiger partial charge in [-0.1, -0.05) is 0 Å². The third-order valence-electron chi connectivity index (χ3n) is 0.799. The molecule has 0 aliphatic heterocycles. The fraction of sp³-hybridized carbons (Fsp3) is 0.250. The Labute approximate surface area is 61.1 Å². The van der Waals surface area contributed by atoms with E-state index in [9.17, 15) is 0 Å². The molecular formula is C4H6N2OS2. The first kappa shape index (κ1) is 7.01. The molecule has 9 heavy (non-hydrogen) atoms. The second kappa shape index (κ2) is 3.17. The molecule has 0 radical (unpaired) electrons. The zero-order chi connectivity index (χ0) is 6.69. The minimum absolute atomic E-state index is 0.450. The van der Waals surface area contributed by atoms with Gasteiger partial charge in [-0.2, -0.15) is 0 Å². The Morgan fingerprint density at radius 1 is 1.89 bits per heavy atom. The number of nitrogens with two attached hydrogens (primary N) is 1. The van der Waals surface area contributed by atoms with Gasteiger partial charge in [0, 0.05) is 24.0 Å². The van der Waals surface area contributed by atoms with E-state index in [1.54, 1.807) is 5.38 Å². The number of rotatable bonds is 2. The summed E-state index contributed by atoms with van der Waals surface area (Å²) in [5.74, 6) is 0. The number of hydrogen-bond donors (Lipinski definition) is 2. The van der Waals surface area contributed by atoms with Crippen molar-refractivity contribution < 1.29 is 4.55 Å². The third-order valence-corrected chi connectivity index (χ3v) is 2.22. The summed E-state index contributed by atoms with van der Waals surface area (Å²) in [6.45, 7) is 0.450. The van der Waals surface area contributed by atoms with E-state index in [1.165, 1.54) is 11.3 Å². The van der Waals surface area contributed by atoms with Crippen molar-refractivity contribution >= 4 is 23.4 Å². The molecule has 5 heteroatoms. The van der Waals surface area contributed by atoms with Crippen molar-refractivity contribution in [2.45, 2.75) is 11.6 Å². The Morgan fingerprint density at radius 2 is 2.67 bits per heavy atom. The largest absolute Gasteiger partial charge is 0.325 e. The predicted molar refractivity (Wildman–Crippen MR) is 38.5 cm³/mol. The first-order valence-corrected chi connectivity index (χ1v) is 3.98. The van der Waals surface area contributed by atoms with Crippen molar-refractivity contribution in [2.75, 3.05) is 0 Å². The quantitative estimate of drug-likeness (QED) is 0.641. The topological polar surface area (TPSA) is 59.1 Å². The maximum Gasteiger partial charge on any atom is 0.134 e. The Bertz CT molecular complexity index is 170. The maximum atomic E-state index is 8.47. The van der Waals surface area contributed by atoms with Gasteiger partial charge in [0.25, 0.3) is 0 Å². The Morgan fingerprint density at radius 3 is 3.00 bits per heavy atom. The second-order valence-electron chi connectivity index (χ2n) is 1.37. The fourth-order valence-electron chi connectivity index (χ4n) is 0.430. The molecule has 1 aromatic rings. The molecule has 0 spiro atoms. The molecule has 0 aliphatic carbocycles. The van der Waals surface area contributed by atoms with Gasteiger partial charge in [0.15, 0.2) is 0 Å². The Kier molecular flexibility index (Phi) is 2.47. The zero-order valence-electron chi connectivity index (χ0n) is 4.57. The monoisotopic (exact) mass is 162 g/mol. The zero-order valence-corrected chi connectivity index (χ0v) is 6.21. The van der Waals surface area contributed by atoms with Crippen LogP contribution in [0, 0.1) is 0 Å². The lowest BCUT2D eigenvalue weighted by Crippen LogP contribution is -1.94. The van der Waals surface area contributed by atoms with Gasteiger partial charge in [-0.05, 0) is 0 Å². The van der Waals surface area contributed by atoms with Crippen LogP contribution in [-0.4, -0.2) is 9.54 Å². The first-order valence-electron chi connectivity index (χ1n) is 2.32. The van der Waals surface area contributed by atoms with Gasteiger partial charge in [0.1, 0.15) is 10.0 Å². The highest BCUT2D eigenvalue weighted by Crippen LogP contribution is 2.16. The minimum Gasteiger partial charge on any atom is -0.325 e. The molecule has 1 rings (SSSR count). The van der Waals surface area contributed by atoms with Crippen LogP contribution in [-0.2, 0) is 6.54 Å². The highest BCUT2D eigenvalue weighted by molar-refractivity contribution is 7.93. The molecule has 0 amide bonds. The molecule has 3 nitrogen and oxygen atoms in total. The van der Waals surface area contributed by atoms with Crippen molar-refractivity contribution in [3.05, 3.63) is 10.4 Å². The van der Waals surface area contributed by atoms with Crippen molar-refractivity contribution in [3.8, 4) is 0 Å². The number of hydrogen-bond acceptors (Lipinski definition) is 5. The molecule has 50 valence electrons. The molecule has 0 fully saturated rings. The maximum absolute atomic E-state index is 8.47. The van der Waals surface area contributed by atoms with Gasteiger partial charge in [0.05, 0.1) is 0 Å². The normalized spacial score (nSPS) is 10.0. The van der Waals surface area contributed by atoms with E-state index in [0.717, 1.165) is 5.01 Å². The van der Waals surface area contributed by atoms with Crippen LogP contribution in [0.5, 0.6) is 0 Å². The van der Waals surface area contributed by atoms with E-state index in [0.29, 0.717) is 23.6 Å². The van der Waals surface area contributed by atoms with Gasteiger partial charge < -0.3 is 10.3 Å². The van der Waals surface area contributed by atoms with Crippen molar-refractivity contribution in [2.24, 2.45) is 5.73 Å². The molecule has 0 unspecified atom stereocenters. The molecule has 1 aromatic heterocycles. The van der Waals surface area contributed by atoms with Crippen molar-refractivity contribution in [1.82, 2.24) is 4.98 Å². The lowest BCUT2D eigenvalue weighted by molar-refractivity contribution is 0.660. The molecule has 0 saturated carbocycles. The lowest BCUT2D eigenvalue weighted by Gasteiger charge is -1.82. The van der Waals surface area contributed by atoms with Gasteiger partial charge in [-0.3, -0.25) is 0 Å². The fourth-order valence-corrected chi connectivity index (χ4v) is 1.49. The third kappa shape index (κ3) is 1.65. The molecule has 3 N–H and O–H groups in total. The summed E-state index contributed by atoms with van der Waals surface area (Å²) in [6.07, 6.45) is 0. The summed E-state index contributed by atoms with van der Waals surface area (Å²) < 4.78 is 8.47. The van der Waals surface area contributed by atoms with E-state index < -0.39 is 0 Å². The standard InChI is InChI=1S/C4H6N2OS2/c5-1-3-6-4(9-7)2-8-3/h2,7H,1,5H2. The lowest BCUT2D eigenvalue weighted by atomic mass is 10.7. The van der Waals surface area contributed by atoms with Gasteiger partial charge in [0.2, 0.25) is 0 Å². The van der Waals surface area contributed by atoms with Gasteiger partial charge in [-0.15, -0.1) is 11.3 Å². The van der Waals surface area contributed by atoms with Crippen LogP contribution >= 0.6 is 23.4 Å². The molecule has 0 aromatic carbocycles. The Balaban J connectivity index is 2.74. The molecular weight excluding hydrogens is 156 g/mol. The number of nitrogens with zero attached hydrogens (tertiary/aromatic N) is 1. The molecule has 0 saturated heterocycles. The molecule has 0 bridgehead atoms. The summed E-state index contributed by atoms with van der Waals surface area (Å²) in [4.78, 5) is 3.95. The van der Waals surface area contributed by atoms with Crippen LogP contribution in [0.25, 0.3) is 0 Å². The number of thiazole rings is 1. The summed E-state index contributed by atoms with van der Waals surface area (Å²) in [5.41, 5.74) is 5.27. The smallest absolute Gasteiger partial charge is 0.134 e. The minimum atomic E-state index is 0.450. The Hall–Kier alpha value is -0.100. The first-order chi connectivity index (χ1) is 4.36. The van der Waals surface area contributed by atoms with Crippen LogP contribution < -0.4 is 5.73 Å². The summed E-state index contributed by atoms with van der Waals surface area (Å²) in [7, 11) is 0. The van der Waals surface area contributed by atoms with Crippen LogP contribution in [0.2, 0.25) is 0 Å². The molecule has 0 atom stereocenters. The van der Waals surface area contributed by atoms with Crippen molar-refractivity contribution in [1.29, 1.82) is 0 Å². The summed E-state index contributed by atoms with van der Waals surface area (Å²) in [6, 6.07) is 0. The predicted octanol–water partition coefficient (Wildman–Crippen LogP) is 1.17. The highest BCUT2D eigenvalue weighted by Gasteiger charge is 1.97. The molecule has 0 aliphatic rings. The van der Waals surface area contributed by atoms with Gasteiger partial charge in [-0.25, -0.2) is 4.98 Å². The van der Waals surface area contributed by atoms with Crippen molar-refractivity contribution in [3.63, 3.8) is 0 Å². The number of aromatic nitrogens is 1. The SMILES string of the molecule is NCc1nc(SO)cs1. The van der Waals surface area contributed by atoms with Crippen LogP contribution in [0.4, 0.5) is 0 Å². The van der Waals surface area contributed by atoms with Gasteiger partial charge >= 0.3 is 0 Å². The van der Waals surface area contributed by atoms with E-state index >= 15 is 0 Å². The average molecular weight is 162 g/mol. The van der Waals surface area contributed by atoms with E-state index in [2.05, 4.69) is 4.98 Å². The van der Waals surface area contributed by atoms with Crippen LogP contribution in [0.15, 0.2) is 10.4 Å². The highest BCUT2D eigenvalue weighted by atomic mass is 32.2. The van der Waals surface area contributed by atoms with E-state index in [1.807, 2.05) is 0 Å². The summed E-state index contributed by atoms with van der Waals surface area (Å²) >= 11 is 2.11. The molecule has 1 heterocycles. The van der Waals surface area contributed by atoms with E-state index in [-0.39, 0.29) is 0 Å².